The van der Waals surface area contributed by atoms with Crippen LogP contribution in [0.15, 0.2) is 48.5 Å². The Labute approximate surface area is 149 Å². The topological polar surface area (TPSA) is 102 Å². The minimum absolute atomic E-state index is 0.0795. The lowest BCUT2D eigenvalue weighted by atomic mass is 10.1. The molecule has 2 aromatic rings. The van der Waals surface area contributed by atoms with Crippen molar-refractivity contribution in [2.45, 2.75) is 12.5 Å². The van der Waals surface area contributed by atoms with E-state index in [0.29, 0.717) is 17.9 Å². The predicted octanol–water partition coefficient (Wildman–Crippen LogP) is 2.14. The van der Waals surface area contributed by atoms with E-state index in [2.05, 4.69) is 5.32 Å². The average molecular weight is 355 g/mol. The van der Waals surface area contributed by atoms with E-state index in [1.165, 1.54) is 24.3 Å². The number of benzene rings is 2. The normalized spacial score (nSPS) is 16.4. The van der Waals surface area contributed by atoms with Gasteiger partial charge in [-0.3, -0.25) is 19.7 Å². The second-order valence-electron chi connectivity index (χ2n) is 5.88. The number of hydrogen-bond donors (Lipinski definition) is 1. The van der Waals surface area contributed by atoms with Crippen LogP contribution in [0.3, 0.4) is 0 Å². The van der Waals surface area contributed by atoms with Crippen molar-refractivity contribution in [3.05, 3.63) is 64.2 Å². The molecule has 8 heteroatoms. The summed E-state index contributed by atoms with van der Waals surface area (Å²) in [5.41, 5.74) is 0.970. The van der Waals surface area contributed by atoms with Crippen molar-refractivity contribution in [2.75, 3.05) is 18.6 Å². The first kappa shape index (κ1) is 17.4. The average Bonchev–Trinajstić information content (AvgIpc) is 3.02. The molecule has 8 nitrogen and oxygen atoms in total. The van der Waals surface area contributed by atoms with Gasteiger partial charge < -0.3 is 15.0 Å². The highest BCUT2D eigenvalue weighted by Crippen LogP contribution is 2.24. The first-order valence-corrected chi connectivity index (χ1v) is 7.97. The van der Waals surface area contributed by atoms with Gasteiger partial charge in [-0.05, 0) is 36.4 Å². The van der Waals surface area contributed by atoms with E-state index >= 15 is 0 Å². The van der Waals surface area contributed by atoms with Crippen LogP contribution in [0.4, 0.5) is 11.4 Å². The van der Waals surface area contributed by atoms with Gasteiger partial charge in [0.25, 0.3) is 11.6 Å². The molecule has 1 heterocycles. The fraction of sp³-hybridized carbons (Fsp3) is 0.222. The van der Waals surface area contributed by atoms with Crippen LogP contribution in [0.25, 0.3) is 0 Å². The zero-order valence-electron chi connectivity index (χ0n) is 14.0. The van der Waals surface area contributed by atoms with Gasteiger partial charge in [-0.15, -0.1) is 0 Å². The molecule has 0 bridgehead atoms. The second-order valence-corrected chi connectivity index (χ2v) is 5.88. The van der Waals surface area contributed by atoms with Crippen molar-refractivity contribution >= 4 is 23.2 Å². The Balaban J connectivity index is 1.64. The van der Waals surface area contributed by atoms with E-state index in [4.69, 9.17) is 4.74 Å². The lowest BCUT2D eigenvalue weighted by Crippen LogP contribution is -2.37. The van der Waals surface area contributed by atoms with Gasteiger partial charge in [0.05, 0.1) is 18.1 Å². The smallest absolute Gasteiger partial charge is 0.269 e. The number of anilines is 1. The van der Waals surface area contributed by atoms with Crippen molar-refractivity contribution in [1.82, 2.24) is 5.32 Å². The molecule has 1 unspecified atom stereocenters. The van der Waals surface area contributed by atoms with Crippen LogP contribution >= 0.6 is 0 Å². The van der Waals surface area contributed by atoms with Crippen LogP contribution in [0.5, 0.6) is 5.75 Å². The van der Waals surface area contributed by atoms with Gasteiger partial charge in [0.2, 0.25) is 5.91 Å². The molecule has 0 aromatic heterocycles. The van der Waals surface area contributed by atoms with Gasteiger partial charge in [-0.25, -0.2) is 0 Å². The summed E-state index contributed by atoms with van der Waals surface area (Å²) in [4.78, 5) is 36.3. The Morgan fingerprint density at radius 3 is 2.42 bits per heavy atom. The van der Waals surface area contributed by atoms with Crippen LogP contribution in [0.1, 0.15) is 16.8 Å². The summed E-state index contributed by atoms with van der Waals surface area (Å²) >= 11 is 0. The van der Waals surface area contributed by atoms with Crippen molar-refractivity contribution in [3.8, 4) is 5.75 Å². The number of amides is 2. The summed E-state index contributed by atoms with van der Waals surface area (Å²) in [7, 11) is 1.57. The van der Waals surface area contributed by atoms with Gasteiger partial charge in [0.15, 0.2) is 0 Å². The molecule has 2 aromatic carbocycles. The molecule has 1 aliphatic rings. The number of nitrogens with zero attached hydrogens (tertiary/aromatic N) is 2. The molecule has 0 radical (unpaired) electrons. The number of nitro benzene ring substituents is 1. The molecular weight excluding hydrogens is 338 g/mol. The summed E-state index contributed by atoms with van der Waals surface area (Å²) in [6, 6.07) is 12.1. The van der Waals surface area contributed by atoms with E-state index in [1.54, 1.807) is 36.3 Å². The third kappa shape index (κ3) is 3.64. The predicted molar refractivity (Wildman–Crippen MR) is 94.3 cm³/mol. The number of nitrogens with one attached hydrogen (secondary N) is 1. The zero-order chi connectivity index (χ0) is 18.7. The van der Waals surface area contributed by atoms with Crippen LogP contribution < -0.4 is 15.0 Å². The Morgan fingerprint density at radius 2 is 1.85 bits per heavy atom. The molecule has 134 valence electrons. The monoisotopic (exact) mass is 355 g/mol. The standard InChI is InChI=1S/C18H17N3O5/c1-26-16-8-6-14(7-9-16)20-11-13(10-17(20)22)19-18(23)12-2-4-15(5-3-12)21(24)25/h2-9,13H,10-11H2,1H3,(H,19,23). The molecule has 0 saturated carbocycles. The number of non-ortho nitro benzene ring substituents is 1. The van der Waals surface area contributed by atoms with Gasteiger partial charge in [-0.1, -0.05) is 0 Å². The van der Waals surface area contributed by atoms with Gasteiger partial charge in [0, 0.05) is 36.3 Å². The SMILES string of the molecule is COc1ccc(N2CC(NC(=O)c3ccc([N+](=O)[O-])cc3)CC2=O)cc1. The molecule has 1 saturated heterocycles. The Bertz CT molecular complexity index is 833. The fourth-order valence-electron chi connectivity index (χ4n) is 2.82. The molecule has 2 amide bonds. The van der Waals surface area contributed by atoms with Crippen LogP contribution in [-0.4, -0.2) is 36.4 Å². The summed E-state index contributed by atoms with van der Waals surface area (Å²) in [6.07, 6.45) is 0.199. The van der Waals surface area contributed by atoms with Gasteiger partial charge in [0.1, 0.15) is 5.75 Å². The van der Waals surface area contributed by atoms with E-state index < -0.39 is 4.92 Å². The molecule has 1 N–H and O–H groups in total. The Morgan fingerprint density at radius 1 is 1.19 bits per heavy atom. The summed E-state index contributed by atoms with van der Waals surface area (Å²) in [5.74, 6) is 0.252. The van der Waals surface area contributed by atoms with Crippen molar-refractivity contribution < 1.29 is 19.2 Å². The maximum Gasteiger partial charge on any atom is 0.269 e. The third-order valence-corrected chi connectivity index (χ3v) is 4.18. The molecule has 3 rings (SSSR count). The highest BCUT2D eigenvalue weighted by molar-refractivity contribution is 5.99. The summed E-state index contributed by atoms with van der Waals surface area (Å²) in [6.45, 7) is 0.365. The zero-order valence-corrected chi connectivity index (χ0v) is 14.0. The molecule has 1 aliphatic heterocycles. The molecule has 0 spiro atoms. The first-order valence-electron chi connectivity index (χ1n) is 7.97. The molecule has 26 heavy (non-hydrogen) atoms. The first-order chi connectivity index (χ1) is 12.5. The Kier molecular flexibility index (Phi) is 4.83. The molecule has 0 aliphatic carbocycles. The minimum atomic E-state index is -0.524. The number of methoxy groups -OCH3 is 1. The highest BCUT2D eigenvalue weighted by Gasteiger charge is 2.31. The largest absolute Gasteiger partial charge is 0.497 e. The number of carbonyl (C=O) groups excluding carboxylic acids is 2. The number of ether oxygens (including phenoxy) is 1. The van der Waals surface area contributed by atoms with E-state index in [-0.39, 0.29) is 30.0 Å². The van der Waals surface area contributed by atoms with Crippen LogP contribution in [-0.2, 0) is 4.79 Å². The quantitative estimate of drug-likeness (QED) is 0.654. The molecule has 1 atom stereocenters. The third-order valence-electron chi connectivity index (χ3n) is 4.18. The maximum atomic E-state index is 12.3. The summed E-state index contributed by atoms with van der Waals surface area (Å²) < 4.78 is 5.10. The van der Waals surface area contributed by atoms with Gasteiger partial charge >= 0.3 is 0 Å². The summed E-state index contributed by atoms with van der Waals surface area (Å²) in [5, 5.41) is 13.5. The maximum absolute atomic E-state index is 12.3. The van der Waals surface area contributed by atoms with E-state index in [1.807, 2.05) is 0 Å². The van der Waals surface area contributed by atoms with Crippen molar-refractivity contribution in [1.29, 1.82) is 0 Å². The van der Waals surface area contributed by atoms with Gasteiger partial charge in [-0.2, -0.15) is 0 Å². The Hall–Kier alpha value is -3.42. The fourth-order valence-corrected chi connectivity index (χ4v) is 2.82. The lowest BCUT2D eigenvalue weighted by molar-refractivity contribution is -0.384. The number of nitro groups is 1. The van der Waals surface area contributed by atoms with Crippen LogP contribution in [0.2, 0.25) is 0 Å². The van der Waals surface area contributed by atoms with E-state index in [0.717, 1.165) is 5.69 Å². The molecular formula is C18H17N3O5. The van der Waals surface area contributed by atoms with Crippen molar-refractivity contribution in [3.63, 3.8) is 0 Å². The number of rotatable bonds is 5. The lowest BCUT2D eigenvalue weighted by Gasteiger charge is -2.17. The van der Waals surface area contributed by atoms with Crippen molar-refractivity contribution in [2.24, 2.45) is 0 Å². The number of carbonyl (C=O) groups is 2. The van der Waals surface area contributed by atoms with Crippen LogP contribution in [0, 0.1) is 10.1 Å². The van der Waals surface area contributed by atoms with E-state index in [9.17, 15) is 19.7 Å². The molecule has 1 fully saturated rings. The number of hydrogen-bond acceptors (Lipinski definition) is 5. The minimum Gasteiger partial charge on any atom is -0.497 e. The highest BCUT2D eigenvalue weighted by atomic mass is 16.6. The second kappa shape index (κ2) is 7.22.